The van der Waals surface area contributed by atoms with E-state index in [0.29, 0.717) is 0 Å². The summed E-state index contributed by atoms with van der Waals surface area (Å²) in [6, 6.07) is 5.09. The number of hydrogen-bond acceptors (Lipinski definition) is 3. The molecule has 180 valence electrons. The van der Waals surface area contributed by atoms with Gasteiger partial charge in [0, 0.05) is 12.7 Å². The second kappa shape index (κ2) is 14.3. The Morgan fingerprint density at radius 3 is 2.45 bits per heavy atom. The van der Waals surface area contributed by atoms with Crippen LogP contribution < -0.4 is 0 Å². The van der Waals surface area contributed by atoms with Gasteiger partial charge in [0.2, 0.25) is 0 Å². The Kier molecular flexibility index (Phi) is 12.2. The number of allylic oxidation sites excluding steroid dienone is 5. The maximum absolute atomic E-state index is 13.4. The molecule has 0 saturated carbocycles. The third-order valence-electron chi connectivity index (χ3n) is 4.95. The van der Waals surface area contributed by atoms with Crippen LogP contribution in [0.5, 0.6) is 0 Å². The van der Waals surface area contributed by atoms with Crippen molar-refractivity contribution in [3.05, 3.63) is 90.3 Å². The maximum atomic E-state index is 13.4. The average molecular weight is 463 g/mol. The van der Waals surface area contributed by atoms with Gasteiger partial charge in [-0.3, -0.25) is 4.79 Å². The highest BCUT2D eigenvalue weighted by molar-refractivity contribution is 6.30. The van der Waals surface area contributed by atoms with Crippen molar-refractivity contribution < 1.29 is 27.4 Å². The fourth-order valence-corrected chi connectivity index (χ4v) is 2.98. The van der Waals surface area contributed by atoms with Crippen molar-refractivity contribution in [3.8, 4) is 0 Å². The van der Waals surface area contributed by atoms with Crippen molar-refractivity contribution in [1.82, 2.24) is 0 Å². The van der Waals surface area contributed by atoms with E-state index >= 15 is 0 Å². The molecule has 0 radical (unpaired) electrons. The van der Waals surface area contributed by atoms with Gasteiger partial charge in [0.05, 0.1) is 17.2 Å². The predicted molar refractivity (Wildman–Crippen MR) is 128 cm³/mol. The molecule has 0 amide bonds. The molecular formula is C27H33F3O3. The lowest BCUT2D eigenvalue weighted by Crippen LogP contribution is -2.13. The van der Waals surface area contributed by atoms with E-state index < -0.39 is 17.5 Å². The largest absolute Gasteiger partial charge is 0.489 e. The normalized spacial score (nSPS) is 15.2. The number of ether oxygens (including phenoxy) is 2. The van der Waals surface area contributed by atoms with Crippen molar-refractivity contribution in [1.29, 1.82) is 0 Å². The van der Waals surface area contributed by atoms with Crippen molar-refractivity contribution in [3.63, 3.8) is 0 Å². The molecule has 1 aromatic carbocycles. The zero-order chi connectivity index (χ0) is 24.9. The zero-order valence-corrected chi connectivity index (χ0v) is 19.6. The van der Waals surface area contributed by atoms with E-state index in [9.17, 15) is 18.0 Å². The smallest absolute Gasteiger partial charge is 0.417 e. The summed E-state index contributed by atoms with van der Waals surface area (Å²) in [5.41, 5.74) is -0.756. The van der Waals surface area contributed by atoms with Gasteiger partial charge < -0.3 is 9.47 Å². The minimum absolute atomic E-state index is 0.00178. The van der Waals surface area contributed by atoms with E-state index in [4.69, 9.17) is 9.47 Å². The van der Waals surface area contributed by atoms with E-state index in [0.717, 1.165) is 31.7 Å². The molecular weight excluding hydrogens is 429 g/mol. The molecule has 1 aliphatic rings. The quantitative estimate of drug-likeness (QED) is 0.282. The summed E-state index contributed by atoms with van der Waals surface area (Å²) < 4.78 is 50.4. The number of hydrogen-bond donors (Lipinski definition) is 0. The van der Waals surface area contributed by atoms with Crippen LogP contribution in [0.25, 0.3) is 5.57 Å². The lowest BCUT2D eigenvalue weighted by molar-refractivity contribution is -0.137. The first-order chi connectivity index (χ1) is 15.7. The fourth-order valence-electron chi connectivity index (χ4n) is 2.98. The summed E-state index contributed by atoms with van der Waals surface area (Å²) in [6.07, 6.45) is 7.62. The van der Waals surface area contributed by atoms with Crippen molar-refractivity contribution in [2.45, 2.75) is 51.8 Å². The van der Waals surface area contributed by atoms with Gasteiger partial charge in [-0.25, -0.2) is 0 Å². The Morgan fingerprint density at radius 1 is 1.21 bits per heavy atom. The van der Waals surface area contributed by atoms with Gasteiger partial charge in [0.15, 0.2) is 5.78 Å². The van der Waals surface area contributed by atoms with E-state index in [1.165, 1.54) is 30.4 Å². The molecule has 1 aliphatic heterocycles. The Morgan fingerprint density at radius 2 is 1.91 bits per heavy atom. The molecule has 0 saturated heterocycles. The average Bonchev–Trinajstić information content (AvgIpc) is 2.96. The molecule has 2 rings (SSSR count). The monoisotopic (exact) mass is 462 g/mol. The molecule has 0 N–H and O–H groups in total. The van der Waals surface area contributed by atoms with Crippen LogP contribution in [0.3, 0.4) is 0 Å². The van der Waals surface area contributed by atoms with Crippen molar-refractivity contribution >= 4 is 11.4 Å². The molecule has 6 heteroatoms. The van der Waals surface area contributed by atoms with Crippen molar-refractivity contribution in [2.24, 2.45) is 0 Å². The number of unbranched alkanes of at least 4 members (excludes halogenated alkanes) is 3. The van der Waals surface area contributed by atoms with Gasteiger partial charge in [-0.2, -0.15) is 13.2 Å². The second-order valence-electron chi connectivity index (χ2n) is 7.36. The van der Waals surface area contributed by atoms with Gasteiger partial charge in [-0.05, 0) is 43.5 Å². The minimum atomic E-state index is -4.55. The molecule has 0 fully saturated rings. The van der Waals surface area contributed by atoms with Crippen LogP contribution in [0, 0.1) is 0 Å². The third-order valence-corrected chi connectivity index (χ3v) is 4.95. The molecule has 0 spiro atoms. The van der Waals surface area contributed by atoms with Crippen LogP contribution >= 0.6 is 0 Å². The Labute approximate surface area is 195 Å². The predicted octanol–water partition coefficient (Wildman–Crippen LogP) is 7.47. The Balaban J connectivity index is 0.000000801. The number of carbonyl (C=O) groups excluding carboxylic acids is 1. The summed E-state index contributed by atoms with van der Waals surface area (Å²) in [7, 11) is 1.66. The zero-order valence-electron chi connectivity index (χ0n) is 19.6. The summed E-state index contributed by atoms with van der Waals surface area (Å²) in [5, 5.41) is 0. The summed E-state index contributed by atoms with van der Waals surface area (Å²) in [6.45, 7) is 11.2. The molecule has 1 heterocycles. The van der Waals surface area contributed by atoms with E-state index in [2.05, 4.69) is 20.1 Å². The lowest BCUT2D eigenvalue weighted by atomic mass is 9.92. The summed E-state index contributed by atoms with van der Waals surface area (Å²) >= 11 is 0. The molecule has 1 atom stereocenters. The number of benzene rings is 1. The third kappa shape index (κ3) is 8.89. The first-order valence-electron chi connectivity index (χ1n) is 10.9. The maximum Gasteiger partial charge on any atom is 0.417 e. The number of ketones is 1. The summed E-state index contributed by atoms with van der Waals surface area (Å²) in [5.74, 6) is -0.215. The minimum Gasteiger partial charge on any atom is -0.489 e. The van der Waals surface area contributed by atoms with Gasteiger partial charge in [-0.15, -0.1) is 6.58 Å². The molecule has 0 aliphatic carbocycles. The molecule has 33 heavy (non-hydrogen) atoms. The molecule has 0 aromatic heterocycles. The second-order valence-corrected chi connectivity index (χ2v) is 7.36. The van der Waals surface area contributed by atoms with Gasteiger partial charge in [0.25, 0.3) is 0 Å². The lowest BCUT2D eigenvalue weighted by Gasteiger charge is -2.14. The summed E-state index contributed by atoms with van der Waals surface area (Å²) in [4.78, 5) is 13.0. The molecule has 3 nitrogen and oxygen atoms in total. The van der Waals surface area contributed by atoms with E-state index in [1.54, 1.807) is 19.3 Å². The van der Waals surface area contributed by atoms with Crippen LogP contribution in [0.15, 0.2) is 79.1 Å². The number of methoxy groups -OCH3 is 1. The molecule has 0 bridgehead atoms. The van der Waals surface area contributed by atoms with Crippen LogP contribution in [0.2, 0.25) is 0 Å². The molecule has 1 aromatic rings. The number of carbonyl (C=O) groups is 1. The number of Topliss-reactive ketones (excluding diaryl/α,β-unsaturated/α-hetero) is 1. The van der Waals surface area contributed by atoms with E-state index in [-0.39, 0.29) is 35.2 Å². The number of alkyl halides is 3. The van der Waals surface area contributed by atoms with Gasteiger partial charge in [-0.1, -0.05) is 62.8 Å². The van der Waals surface area contributed by atoms with Crippen LogP contribution in [0.1, 0.15) is 50.7 Å². The number of halogens is 3. The SMILES string of the molecule is C=CC(C)OC.C=CC1=C(/C=C/CCCCC)C(=O)C(c2ccccc2C(F)(F)F)=CCO1. The topological polar surface area (TPSA) is 35.5 Å². The highest BCUT2D eigenvalue weighted by Gasteiger charge is 2.35. The molecule has 1 unspecified atom stereocenters. The van der Waals surface area contributed by atoms with Gasteiger partial charge >= 0.3 is 6.18 Å². The van der Waals surface area contributed by atoms with E-state index in [1.807, 2.05) is 13.0 Å². The Hall–Kier alpha value is -2.86. The highest BCUT2D eigenvalue weighted by atomic mass is 19.4. The van der Waals surface area contributed by atoms with Crippen LogP contribution in [-0.4, -0.2) is 25.6 Å². The Bertz CT molecular complexity index is 892. The first kappa shape index (κ1) is 28.2. The van der Waals surface area contributed by atoms with Crippen LogP contribution in [-0.2, 0) is 20.4 Å². The fraction of sp³-hybridized carbons (Fsp3) is 0.370. The standard InChI is InChI=1S/C22H23F3O2.C5H10O/c1-3-5-6-7-8-12-18-20(4-2)27-15-14-17(21(18)26)16-11-9-10-13-19(16)22(23,24)25;1-4-5(2)6-3/h4,8-14H,2-3,5-7,15H2,1H3;4-5H,1H2,2-3H3/b12-8+;. The van der Waals surface area contributed by atoms with Crippen molar-refractivity contribution in [2.75, 3.05) is 13.7 Å². The highest BCUT2D eigenvalue weighted by Crippen LogP contribution is 2.37. The first-order valence-corrected chi connectivity index (χ1v) is 10.9. The van der Waals surface area contributed by atoms with Crippen LogP contribution in [0.4, 0.5) is 13.2 Å². The number of rotatable bonds is 9. The van der Waals surface area contributed by atoms with Gasteiger partial charge in [0.1, 0.15) is 12.4 Å².